The molecule has 4 rings (SSSR count). The zero-order chi connectivity index (χ0) is 24.3. The molecular weight excluding hydrogens is 456 g/mol. The fourth-order valence-corrected chi connectivity index (χ4v) is 5.39. The van der Waals surface area contributed by atoms with Gasteiger partial charge in [-0.25, -0.2) is 4.98 Å². The lowest BCUT2D eigenvalue weighted by Gasteiger charge is -2.39. The molecule has 4 heterocycles. The lowest BCUT2D eigenvalue weighted by molar-refractivity contribution is -0.125. The van der Waals surface area contributed by atoms with E-state index in [0.29, 0.717) is 47.4 Å². The van der Waals surface area contributed by atoms with Crippen LogP contribution in [0.5, 0.6) is 11.9 Å². The number of ketones is 1. The smallest absolute Gasteiger partial charge is 0.319 e. The van der Waals surface area contributed by atoms with Crippen LogP contribution in [0.4, 0.5) is 0 Å². The van der Waals surface area contributed by atoms with Crippen molar-refractivity contribution in [3.05, 3.63) is 39.7 Å². The van der Waals surface area contributed by atoms with Crippen LogP contribution >= 0.6 is 11.3 Å². The largest absolute Gasteiger partial charge is 0.480 e. The van der Waals surface area contributed by atoms with Crippen molar-refractivity contribution < 1.29 is 23.9 Å². The Morgan fingerprint density at radius 2 is 1.71 bits per heavy atom. The van der Waals surface area contributed by atoms with Crippen molar-refractivity contribution in [3.63, 3.8) is 0 Å². The number of Topliss-reactive ketones (excluding diaryl/α,β-unsaturated/α-hetero) is 1. The number of nitrogens with zero attached hydrogens (tertiary/aromatic N) is 4. The molecule has 2 fully saturated rings. The van der Waals surface area contributed by atoms with Gasteiger partial charge in [-0.3, -0.25) is 14.4 Å². The molecule has 180 valence electrons. The molecule has 2 aromatic rings. The van der Waals surface area contributed by atoms with Crippen molar-refractivity contribution in [2.24, 2.45) is 5.41 Å². The number of carbonyl (C=O) groups is 3. The molecule has 0 saturated carbocycles. The fourth-order valence-electron chi connectivity index (χ4n) is 4.52. The van der Waals surface area contributed by atoms with Crippen LogP contribution in [0.25, 0.3) is 6.08 Å². The van der Waals surface area contributed by atoms with E-state index in [1.54, 1.807) is 24.4 Å². The summed E-state index contributed by atoms with van der Waals surface area (Å²) < 4.78 is 10.3. The van der Waals surface area contributed by atoms with E-state index in [-0.39, 0.29) is 29.0 Å². The Labute approximate surface area is 202 Å². The summed E-state index contributed by atoms with van der Waals surface area (Å²) in [6.07, 6.45) is 7.38. The van der Waals surface area contributed by atoms with Crippen molar-refractivity contribution in [2.45, 2.75) is 26.2 Å². The third kappa shape index (κ3) is 4.96. The number of likely N-dealkylation sites (tertiary alicyclic amines) is 2. The molecule has 0 radical (unpaired) electrons. The number of hydrogen-bond donors (Lipinski definition) is 0. The predicted molar refractivity (Wildman–Crippen MR) is 127 cm³/mol. The van der Waals surface area contributed by atoms with Crippen molar-refractivity contribution in [1.82, 2.24) is 19.8 Å². The predicted octanol–water partition coefficient (Wildman–Crippen LogP) is 2.93. The van der Waals surface area contributed by atoms with Gasteiger partial charge in [0.2, 0.25) is 11.8 Å². The third-order valence-corrected chi connectivity index (χ3v) is 7.74. The summed E-state index contributed by atoms with van der Waals surface area (Å²) in [7, 11) is 2.98. The third-order valence-electron chi connectivity index (χ3n) is 6.56. The first kappa shape index (κ1) is 23.9. The number of thiophene rings is 1. The standard InChI is InChI=1S/C24H28N4O5S/c1-16(29)18-5-6-19(34-18)22(31)27-11-8-24(9-12-27)10-13-28(15-24)20(30)7-4-17-14-25-23(33-3)26-21(17)32-2/h4-7,14H,8-13,15H2,1-3H3. The first-order chi connectivity index (χ1) is 16.3. The van der Waals surface area contributed by atoms with Crippen molar-refractivity contribution in [3.8, 4) is 11.9 Å². The second-order valence-corrected chi connectivity index (χ2v) is 9.76. The van der Waals surface area contributed by atoms with Crippen LogP contribution in [0.2, 0.25) is 0 Å². The van der Waals surface area contributed by atoms with E-state index in [2.05, 4.69) is 9.97 Å². The topological polar surface area (TPSA) is 102 Å². The van der Waals surface area contributed by atoms with Crippen LogP contribution in [0, 0.1) is 5.41 Å². The highest BCUT2D eigenvalue weighted by Gasteiger charge is 2.42. The van der Waals surface area contributed by atoms with Crippen LogP contribution in [0.3, 0.4) is 0 Å². The molecule has 2 saturated heterocycles. The van der Waals surface area contributed by atoms with Crippen molar-refractivity contribution in [1.29, 1.82) is 0 Å². The van der Waals surface area contributed by atoms with Gasteiger partial charge in [0, 0.05) is 38.5 Å². The highest BCUT2D eigenvalue weighted by atomic mass is 32.1. The molecule has 2 aromatic heterocycles. The monoisotopic (exact) mass is 484 g/mol. The summed E-state index contributed by atoms with van der Waals surface area (Å²) in [5.74, 6) is 0.233. The lowest BCUT2D eigenvalue weighted by atomic mass is 9.78. The maximum atomic E-state index is 12.8. The summed E-state index contributed by atoms with van der Waals surface area (Å²) in [4.78, 5) is 50.3. The Balaban J connectivity index is 1.33. The lowest BCUT2D eigenvalue weighted by Crippen LogP contribution is -2.44. The molecule has 0 N–H and O–H groups in total. The van der Waals surface area contributed by atoms with Crippen LogP contribution in [-0.2, 0) is 4.79 Å². The Bertz CT molecular complexity index is 1120. The summed E-state index contributed by atoms with van der Waals surface area (Å²) in [5, 5.41) is 0. The number of amides is 2. The number of aromatic nitrogens is 2. The van der Waals surface area contributed by atoms with Gasteiger partial charge in [0.15, 0.2) is 5.78 Å². The maximum absolute atomic E-state index is 12.8. The average molecular weight is 485 g/mol. The molecule has 0 bridgehead atoms. The SMILES string of the molecule is COc1ncc(C=CC(=O)N2CCC3(CCN(C(=O)c4ccc(C(C)=O)s4)CC3)C2)c(OC)n1. The van der Waals surface area contributed by atoms with E-state index in [1.807, 2.05) is 9.80 Å². The number of methoxy groups -OCH3 is 2. The van der Waals surface area contributed by atoms with E-state index in [9.17, 15) is 14.4 Å². The maximum Gasteiger partial charge on any atom is 0.319 e. The van der Waals surface area contributed by atoms with Gasteiger partial charge in [-0.05, 0) is 49.8 Å². The zero-order valence-electron chi connectivity index (χ0n) is 19.6. The number of rotatable bonds is 6. The summed E-state index contributed by atoms with van der Waals surface area (Å²) in [6, 6.07) is 3.65. The van der Waals surface area contributed by atoms with Crippen LogP contribution < -0.4 is 9.47 Å². The number of hydrogen-bond acceptors (Lipinski definition) is 8. The van der Waals surface area contributed by atoms with E-state index >= 15 is 0 Å². The Kier molecular flexibility index (Phi) is 6.97. The van der Waals surface area contributed by atoms with Crippen LogP contribution in [-0.4, -0.2) is 77.8 Å². The molecule has 0 unspecified atom stereocenters. The molecule has 0 atom stereocenters. The molecule has 9 nitrogen and oxygen atoms in total. The minimum absolute atomic E-state index is 0.0168. The molecule has 2 amide bonds. The highest BCUT2D eigenvalue weighted by Crippen LogP contribution is 2.41. The summed E-state index contributed by atoms with van der Waals surface area (Å²) in [5.41, 5.74) is 0.639. The van der Waals surface area contributed by atoms with Crippen LogP contribution in [0.1, 0.15) is 51.1 Å². The zero-order valence-corrected chi connectivity index (χ0v) is 20.4. The van der Waals surface area contributed by atoms with Gasteiger partial charge in [-0.15, -0.1) is 11.3 Å². The minimum atomic E-state index is -0.0661. The van der Waals surface area contributed by atoms with Gasteiger partial charge in [0.05, 0.1) is 29.5 Å². The van der Waals surface area contributed by atoms with Crippen molar-refractivity contribution >= 4 is 35.0 Å². The Morgan fingerprint density at radius 3 is 2.32 bits per heavy atom. The van der Waals surface area contributed by atoms with Gasteiger partial charge < -0.3 is 19.3 Å². The van der Waals surface area contributed by atoms with Gasteiger partial charge >= 0.3 is 6.01 Å². The van der Waals surface area contributed by atoms with Crippen molar-refractivity contribution in [2.75, 3.05) is 40.4 Å². The summed E-state index contributed by atoms with van der Waals surface area (Å²) >= 11 is 1.25. The minimum Gasteiger partial charge on any atom is -0.480 e. The van der Waals surface area contributed by atoms with E-state index in [0.717, 1.165) is 19.3 Å². The van der Waals surface area contributed by atoms with E-state index < -0.39 is 0 Å². The molecule has 0 aromatic carbocycles. The Hall–Kier alpha value is -3.27. The number of piperidine rings is 1. The second kappa shape index (κ2) is 9.92. The molecule has 1 spiro atoms. The molecule has 2 aliphatic heterocycles. The van der Waals surface area contributed by atoms with Gasteiger partial charge in [-0.2, -0.15) is 4.98 Å². The van der Waals surface area contributed by atoms with E-state index in [1.165, 1.54) is 38.6 Å². The average Bonchev–Trinajstić information content (AvgIpc) is 3.51. The molecule has 0 aliphatic carbocycles. The number of carbonyl (C=O) groups excluding carboxylic acids is 3. The van der Waals surface area contributed by atoms with Gasteiger partial charge in [0.1, 0.15) is 0 Å². The first-order valence-electron chi connectivity index (χ1n) is 11.2. The molecular formula is C24H28N4O5S. The van der Waals surface area contributed by atoms with Gasteiger partial charge in [0.25, 0.3) is 5.91 Å². The molecule has 34 heavy (non-hydrogen) atoms. The normalized spacial score (nSPS) is 17.4. The molecule has 10 heteroatoms. The van der Waals surface area contributed by atoms with Crippen LogP contribution in [0.15, 0.2) is 24.4 Å². The first-order valence-corrected chi connectivity index (χ1v) is 12.0. The highest BCUT2D eigenvalue weighted by molar-refractivity contribution is 7.15. The second-order valence-electron chi connectivity index (χ2n) is 8.68. The van der Waals surface area contributed by atoms with E-state index in [4.69, 9.17) is 9.47 Å². The summed E-state index contributed by atoms with van der Waals surface area (Å²) in [6.45, 7) is 4.20. The number of ether oxygens (including phenoxy) is 2. The fraction of sp³-hybridized carbons (Fsp3) is 0.458. The molecule has 2 aliphatic rings. The van der Waals surface area contributed by atoms with Gasteiger partial charge in [-0.1, -0.05) is 0 Å². The Morgan fingerprint density at radius 1 is 1.03 bits per heavy atom. The quantitative estimate of drug-likeness (QED) is 0.459.